The lowest BCUT2D eigenvalue weighted by Crippen LogP contribution is -2.56. The van der Waals surface area contributed by atoms with Crippen molar-refractivity contribution >= 4 is 69.6 Å². The average molecular weight is 591 g/mol. The van der Waals surface area contributed by atoms with Crippen LogP contribution in [0.25, 0.3) is 43.1 Å². The van der Waals surface area contributed by atoms with Crippen LogP contribution in [0.1, 0.15) is 83.1 Å². The molecule has 0 unspecified atom stereocenters. The number of hydrogen-bond acceptors (Lipinski definition) is 0. The van der Waals surface area contributed by atoms with Gasteiger partial charge in [-0.25, -0.2) is 0 Å². The van der Waals surface area contributed by atoms with E-state index in [1.54, 1.807) is 10.4 Å². The van der Waals surface area contributed by atoms with Gasteiger partial charge in [-0.2, -0.15) is 0 Å². The molecule has 0 amide bonds. The smallest absolute Gasteiger partial charge is 0.0648 e. The molecule has 0 saturated carbocycles. The van der Waals surface area contributed by atoms with E-state index in [0.29, 0.717) is 33.2 Å². The predicted molar refractivity (Wildman–Crippen MR) is 198 cm³/mol. The Hall–Kier alpha value is -2.43. The molecule has 222 valence electrons. The Morgan fingerprint density at radius 2 is 0.548 bits per heavy atom. The third-order valence-electron chi connectivity index (χ3n) is 11.5. The van der Waals surface area contributed by atoms with Crippen LogP contribution in [0.4, 0.5) is 0 Å². The first-order valence-electron chi connectivity index (χ1n) is 16.6. The van der Waals surface area contributed by atoms with E-state index < -0.39 is 16.1 Å². The molecule has 0 heterocycles. The van der Waals surface area contributed by atoms with E-state index in [2.05, 4.69) is 156 Å². The first kappa shape index (κ1) is 31.0. The summed E-state index contributed by atoms with van der Waals surface area (Å²) in [7, 11) is -3.84. The third kappa shape index (κ3) is 4.26. The lowest BCUT2D eigenvalue weighted by Gasteiger charge is -2.45. The van der Waals surface area contributed by atoms with E-state index in [4.69, 9.17) is 0 Å². The van der Waals surface area contributed by atoms with Crippen molar-refractivity contribution in [3.8, 4) is 0 Å². The molecule has 5 aromatic carbocycles. The Morgan fingerprint density at radius 3 is 0.810 bits per heavy atom. The molecule has 5 rings (SSSR count). The Morgan fingerprint density at radius 1 is 0.310 bits per heavy atom. The zero-order chi connectivity index (χ0) is 30.7. The molecule has 0 spiro atoms. The standard InChI is InChI=1S/C40H54Si2/c1-25(2)41(26(3)4,27(5)6)39-23-37-33(31-17-13-15-19-35(31)39)21-22-34-32-18-14-16-20-36(32)40(24-38(34)37)42(28(7)8,29(9)10)30(11)12/h13-30H,1-12H3. The van der Waals surface area contributed by atoms with Crippen molar-refractivity contribution in [3.05, 3.63) is 72.8 Å². The molecule has 0 N–H and O–H groups in total. The van der Waals surface area contributed by atoms with E-state index in [1.165, 1.54) is 43.1 Å². The van der Waals surface area contributed by atoms with Gasteiger partial charge in [-0.15, -0.1) is 0 Å². The van der Waals surface area contributed by atoms with Gasteiger partial charge in [0.1, 0.15) is 0 Å². The van der Waals surface area contributed by atoms with Crippen LogP contribution in [0.3, 0.4) is 0 Å². The van der Waals surface area contributed by atoms with Gasteiger partial charge < -0.3 is 0 Å². The van der Waals surface area contributed by atoms with Crippen LogP contribution in [0.2, 0.25) is 33.2 Å². The quantitative estimate of drug-likeness (QED) is 0.124. The molecular formula is C40H54Si2. The molecule has 0 aromatic heterocycles. The van der Waals surface area contributed by atoms with E-state index >= 15 is 0 Å². The van der Waals surface area contributed by atoms with E-state index in [-0.39, 0.29) is 0 Å². The molecule has 0 radical (unpaired) electrons. The van der Waals surface area contributed by atoms with Crippen LogP contribution >= 0.6 is 0 Å². The summed E-state index contributed by atoms with van der Waals surface area (Å²) >= 11 is 0. The minimum absolute atomic E-state index is 0.660. The summed E-state index contributed by atoms with van der Waals surface area (Å²) in [6.07, 6.45) is 0. The molecule has 5 aromatic rings. The van der Waals surface area contributed by atoms with Crippen molar-refractivity contribution in [3.63, 3.8) is 0 Å². The topological polar surface area (TPSA) is 0 Å². The van der Waals surface area contributed by atoms with Crippen molar-refractivity contribution < 1.29 is 0 Å². The van der Waals surface area contributed by atoms with Crippen LogP contribution in [0.15, 0.2) is 72.8 Å². The highest BCUT2D eigenvalue weighted by molar-refractivity contribution is 6.97. The Balaban J connectivity index is 2.07. The summed E-state index contributed by atoms with van der Waals surface area (Å²) in [6, 6.07) is 28.9. The maximum atomic E-state index is 2.70. The first-order valence-corrected chi connectivity index (χ1v) is 21.1. The van der Waals surface area contributed by atoms with Crippen LogP contribution in [0, 0.1) is 0 Å². The molecule has 42 heavy (non-hydrogen) atoms. The largest absolute Gasteiger partial charge is 0.0950 e. The maximum absolute atomic E-state index is 2.70. The van der Waals surface area contributed by atoms with Crippen molar-refractivity contribution in [1.82, 2.24) is 0 Å². The molecule has 0 saturated heterocycles. The van der Waals surface area contributed by atoms with Gasteiger partial charge in [0.25, 0.3) is 0 Å². The molecule has 0 fully saturated rings. The fourth-order valence-corrected chi connectivity index (χ4v) is 24.2. The Labute approximate surface area is 257 Å². The third-order valence-corrected chi connectivity index (χ3v) is 25.7. The molecule has 0 aliphatic heterocycles. The SMILES string of the molecule is CC(C)[Si](c1cc2c(ccc3c4ccccc4c([Si](C(C)C)(C(C)C)C(C)C)cc32)c2ccccc12)(C(C)C)C(C)C. The fourth-order valence-electron chi connectivity index (χ4n) is 10.3. The number of rotatable bonds is 8. The van der Waals surface area contributed by atoms with Gasteiger partial charge in [-0.1, -0.05) is 166 Å². The second-order valence-corrected chi connectivity index (χ2v) is 26.7. The number of hydrogen-bond donors (Lipinski definition) is 0. The number of fused-ring (bicyclic) bond motifs is 7. The average Bonchev–Trinajstić information content (AvgIpc) is 2.92. The van der Waals surface area contributed by atoms with Gasteiger partial charge in [0.05, 0.1) is 16.1 Å². The van der Waals surface area contributed by atoms with Gasteiger partial charge in [0, 0.05) is 0 Å². The van der Waals surface area contributed by atoms with Crippen LogP contribution in [0.5, 0.6) is 0 Å². The minimum Gasteiger partial charge on any atom is -0.0648 e. The summed E-state index contributed by atoms with van der Waals surface area (Å²) in [4.78, 5) is 0. The summed E-state index contributed by atoms with van der Waals surface area (Å²) in [5, 5.41) is 14.9. The lowest BCUT2D eigenvalue weighted by atomic mass is 9.94. The molecular weight excluding hydrogens is 537 g/mol. The van der Waals surface area contributed by atoms with Crippen molar-refractivity contribution in [2.45, 2.75) is 116 Å². The van der Waals surface area contributed by atoms with Gasteiger partial charge in [0.15, 0.2) is 0 Å². The zero-order valence-corrected chi connectivity index (χ0v) is 30.4. The monoisotopic (exact) mass is 590 g/mol. The summed E-state index contributed by atoms with van der Waals surface area (Å²) in [5.41, 5.74) is 3.96. The molecule has 0 bridgehead atoms. The predicted octanol–water partition coefficient (Wildman–Crippen LogP) is 12.1. The highest BCUT2D eigenvalue weighted by atomic mass is 28.3. The normalized spacial score (nSPS) is 13.6. The molecule has 2 heteroatoms. The highest BCUT2D eigenvalue weighted by Gasteiger charge is 2.47. The van der Waals surface area contributed by atoms with E-state index in [0.717, 1.165) is 0 Å². The molecule has 0 aliphatic rings. The van der Waals surface area contributed by atoms with Crippen LogP contribution in [-0.2, 0) is 0 Å². The van der Waals surface area contributed by atoms with Crippen molar-refractivity contribution in [2.75, 3.05) is 0 Å². The Bertz CT molecular complexity index is 1580. The molecule has 0 nitrogen and oxygen atoms in total. The van der Waals surface area contributed by atoms with Crippen molar-refractivity contribution in [1.29, 1.82) is 0 Å². The lowest BCUT2D eigenvalue weighted by molar-refractivity contribution is 0.836. The maximum Gasteiger partial charge on any atom is 0.0950 e. The van der Waals surface area contributed by atoms with E-state index in [9.17, 15) is 0 Å². The van der Waals surface area contributed by atoms with Gasteiger partial charge in [0.2, 0.25) is 0 Å². The van der Waals surface area contributed by atoms with Crippen molar-refractivity contribution in [2.24, 2.45) is 0 Å². The zero-order valence-electron chi connectivity index (χ0n) is 28.4. The summed E-state index contributed by atoms with van der Waals surface area (Å²) in [5.74, 6) is 0. The summed E-state index contributed by atoms with van der Waals surface area (Å²) in [6.45, 7) is 30.1. The van der Waals surface area contributed by atoms with Gasteiger partial charge in [-0.3, -0.25) is 0 Å². The van der Waals surface area contributed by atoms with Crippen LogP contribution < -0.4 is 10.4 Å². The second-order valence-electron chi connectivity index (χ2n) is 15.0. The van der Waals surface area contributed by atoms with Gasteiger partial charge >= 0.3 is 0 Å². The summed E-state index contributed by atoms with van der Waals surface area (Å²) < 4.78 is 0. The molecule has 0 aliphatic carbocycles. The second kappa shape index (κ2) is 11.3. The minimum atomic E-state index is -1.92. The van der Waals surface area contributed by atoms with E-state index in [1.807, 2.05) is 0 Å². The van der Waals surface area contributed by atoms with Crippen LogP contribution in [-0.4, -0.2) is 16.1 Å². The first-order chi connectivity index (χ1) is 19.8. The number of benzene rings is 5. The Kier molecular flexibility index (Phi) is 8.31. The highest BCUT2D eigenvalue weighted by Crippen LogP contribution is 2.46. The molecule has 0 atom stereocenters. The van der Waals surface area contributed by atoms with Gasteiger partial charge in [-0.05, 0) is 76.3 Å². The fraction of sp³-hybridized carbons (Fsp3) is 0.450.